The highest BCUT2D eigenvalue weighted by Gasteiger charge is 2.08. The van der Waals surface area contributed by atoms with Crippen molar-refractivity contribution in [2.75, 3.05) is 11.1 Å². The molecule has 0 unspecified atom stereocenters. The quantitative estimate of drug-likeness (QED) is 0.899. The Morgan fingerprint density at radius 3 is 2.76 bits per heavy atom. The molecule has 1 amide bonds. The molecule has 0 radical (unpaired) electrons. The van der Waals surface area contributed by atoms with E-state index >= 15 is 0 Å². The van der Waals surface area contributed by atoms with E-state index < -0.39 is 11.6 Å². The number of hydrogen-bond acceptors (Lipinski definition) is 2. The van der Waals surface area contributed by atoms with E-state index in [9.17, 15) is 13.6 Å². The van der Waals surface area contributed by atoms with Crippen LogP contribution < -0.4 is 5.32 Å². The van der Waals surface area contributed by atoms with Gasteiger partial charge in [0.1, 0.15) is 11.6 Å². The molecule has 2 aromatic rings. The van der Waals surface area contributed by atoms with Crippen LogP contribution in [0.15, 0.2) is 42.5 Å². The van der Waals surface area contributed by atoms with E-state index in [0.29, 0.717) is 5.75 Å². The Balaban J connectivity index is 1.84. The van der Waals surface area contributed by atoms with Gasteiger partial charge in [-0.05, 0) is 24.6 Å². The Hall–Kier alpha value is -1.88. The van der Waals surface area contributed by atoms with Crippen LogP contribution in [0.3, 0.4) is 0 Å². The largest absolute Gasteiger partial charge is 0.323 e. The number of nitrogens with one attached hydrogen (secondary N) is 1. The molecule has 0 saturated carbocycles. The summed E-state index contributed by atoms with van der Waals surface area (Å²) in [6.07, 6.45) is 0. The van der Waals surface area contributed by atoms with E-state index in [1.807, 2.05) is 25.1 Å². The summed E-state index contributed by atoms with van der Waals surface area (Å²) in [7, 11) is 0. The second kappa shape index (κ2) is 7.22. The van der Waals surface area contributed by atoms with E-state index in [-0.39, 0.29) is 17.3 Å². The van der Waals surface area contributed by atoms with Crippen molar-refractivity contribution in [1.82, 2.24) is 0 Å². The van der Waals surface area contributed by atoms with Crippen LogP contribution >= 0.6 is 11.8 Å². The SMILES string of the molecule is Cc1cccc(CSCC(=O)Nc2cc(F)ccc2F)c1. The van der Waals surface area contributed by atoms with Crippen LogP contribution in [0.5, 0.6) is 0 Å². The number of aryl methyl sites for hydroxylation is 1. The standard InChI is InChI=1S/C16H15F2NOS/c1-11-3-2-4-12(7-11)9-21-10-16(20)19-15-8-13(17)5-6-14(15)18/h2-8H,9-10H2,1H3,(H,19,20). The fourth-order valence-corrected chi connectivity index (χ4v) is 2.62. The number of amides is 1. The maximum Gasteiger partial charge on any atom is 0.234 e. The van der Waals surface area contributed by atoms with Crippen LogP contribution in [-0.2, 0) is 10.5 Å². The van der Waals surface area contributed by atoms with E-state index in [2.05, 4.69) is 11.4 Å². The second-order valence-corrected chi connectivity index (χ2v) is 5.64. The molecule has 0 aliphatic heterocycles. The Labute approximate surface area is 126 Å². The van der Waals surface area contributed by atoms with Crippen molar-refractivity contribution in [3.63, 3.8) is 0 Å². The molecule has 110 valence electrons. The molecule has 1 N–H and O–H groups in total. The molecule has 5 heteroatoms. The zero-order chi connectivity index (χ0) is 15.2. The average Bonchev–Trinajstić information content (AvgIpc) is 2.43. The van der Waals surface area contributed by atoms with Gasteiger partial charge in [-0.1, -0.05) is 29.8 Å². The second-order valence-electron chi connectivity index (χ2n) is 4.65. The number of halogens is 2. The number of thioether (sulfide) groups is 1. The van der Waals surface area contributed by atoms with Gasteiger partial charge in [-0.3, -0.25) is 4.79 Å². The first-order chi connectivity index (χ1) is 10.0. The summed E-state index contributed by atoms with van der Waals surface area (Å²) >= 11 is 1.42. The first-order valence-electron chi connectivity index (χ1n) is 6.43. The fourth-order valence-electron chi connectivity index (χ4n) is 1.84. The molecular formula is C16H15F2NOS. The molecule has 0 fully saturated rings. The van der Waals surface area contributed by atoms with E-state index in [1.54, 1.807) is 0 Å². The van der Waals surface area contributed by atoms with Gasteiger partial charge in [0.05, 0.1) is 11.4 Å². The van der Waals surface area contributed by atoms with Crippen molar-refractivity contribution in [1.29, 1.82) is 0 Å². The predicted octanol–water partition coefficient (Wildman–Crippen LogP) is 4.15. The summed E-state index contributed by atoms with van der Waals surface area (Å²) < 4.78 is 26.4. The van der Waals surface area contributed by atoms with Crippen LogP contribution in [0.25, 0.3) is 0 Å². The smallest absolute Gasteiger partial charge is 0.234 e. The minimum Gasteiger partial charge on any atom is -0.323 e. The lowest BCUT2D eigenvalue weighted by molar-refractivity contribution is -0.113. The molecule has 0 bridgehead atoms. The third-order valence-electron chi connectivity index (χ3n) is 2.79. The lowest BCUT2D eigenvalue weighted by atomic mass is 10.2. The van der Waals surface area contributed by atoms with Gasteiger partial charge in [-0.2, -0.15) is 0 Å². The minimum atomic E-state index is -0.645. The molecule has 0 heterocycles. The molecule has 0 spiro atoms. The van der Waals surface area contributed by atoms with Crippen molar-refractivity contribution in [3.8, 4) is 0 Å². The van der Waals surface area contributed by atoms with Crippen molar-refractivity contribution in [2.24, 2.45) is 0 Å². The van der Waals surface area contributed by atoms with Crippen molar-refractivity contribution in [2.45, 2.75) is 12.7 Å². The molecule has 2 nitrogen and oxygen atoms in total. The monoisotopic (exact) mass is 307 g/mol. The molecule has 0 saturated heterocycles. The van der Waals surface area contributed by atoms with Crippen LogP contribution in [0.1, 0.15) is 11.1 Å². The number of anilines is 1. The Kier molecular flexibility index (Phi) is 5.33. The summed E-state index contributed by atoms with van der Waals surface area (Å²) in [5, 5.41) is 2.37. The summed E-state index contributed by atoms with van der Waals surface area (Å²) in [6.45, 7) is 2.01. The van der Waals surface area contributed by atoms with Crippen molar-refractivity contribution >= 4 is 23.4 Å². The highest BCUT2D eigenvalue weighted by Crippen LogP contribution is 2.17. The summed E-state index contributed by atoms with van der Waals surface area (Å²) in [5.74, 6) is -0.699. The van der Waals surface area contributed by atoms with Crippen LogP contribution in [0.4, 0.5) is 14.5 Å². The van der Waals surface area contributed by atoms with E-state index in [0.717, 1.165) is 23.8 Å². The lowest BCUT2D eigenvalue weighted by Crippen LogP contribution is -2.15. The van der Waals surface area contributed by atoms with Gasteiger partial charge >= 0.3 is 0 Å². The Morgan fingerprint density at radius 2 is 2.00 bits per heavy atom. The third-order valence-corrected chi connectivity index (χ3v) is 3.79. The van der Waals surface area contributed by atoms with Crippen molar-refractivity contribution in [3.05, 3.63) is 65.2 Å². The highest BCUT2D eigenvalue weighted by atomic mass is 32.2. The minimum absolute atomic E-state index is 0.129. The number of carbonyl (C=O) groups is 1. The van der Waals surface area contributed by atoms with Gasteiger partial charge in [-0.15, -0.1) is 11.8 Å². The molecule has 0 aliphatic carbocycles. The first-order valence-corrected chi connectivity index (χ1v) is 7.58. The number of benzene rings is 2. The molecular weight excluding hydrogens is 292 g/mol. The van der Waals surface area contributed by atoms with Gasteiger partial charge < -0.3 is 5.32 Å². The Bertz CT molecular complexity index is 646. The summed E-state index contributed by atoms with van der Waals surface area (Å²) in [4.78, 5) is 11.7. The van der Waals surface area contributed by atoms with Gasteiger partial charge in [0.15, 0.2) is 0 Å². The lowest BCUT2D eigenvalue weighted by Gasteiger charge is -2.07. The fraction of sp³-hybridized carbons (Fsp3) is 0.188. The molecule has 0 aromatic heterocycles. The van der Waals surface area contributed by atoms with Crippen molar-refractivity contribution < 1.29 is 13.6 Å². The van der Waals surface area contributed by atoms with Gasteiger partial charge in [0, 0.05) is 11.8 Å². The summed E-state index contributed by atoms with van der Waals surface area (Å²) in [5.41, 5.74) is 2.17. The van der Waals surface area contributed by atoms with Crippen LogP contribution in [0.2, 0.25) is 0 Å². The molecule has 0 aliphatic rings. The van der Waals surface area contributed by atoms with Gasteiger partial charge in [0.2, 0.25) is 5.91 Å². The number of rotatable bonds is 5. The molecule has 2 aromatic carbocycles. The maximum absolute atomic E-state index is 13.4. The third kappa shape index (κ3) is 4.86. The van der Waals surface area contributed by atoms with Gasteiger partial charge in [-0.25, -0.2) is 8.78 Å². The molecule has 0 atom stereocenters. The number of hydrogen-bond donors (Lipinski definition) is 1. The molecule has 21 heavy (non-hydrogen) atoms. The summed E-state index contributed by atoms with van der Waals surface area (Å²) in [6, 6.07) is 11.0. The van der Waals surface area contributed by atoms with Gasteiger partial charge in [0.25, 0.3) is 0 Å². The highest BCUT2D eigenvalue weighted by molar-refractivity contribution is 7.99. The van der Waals surface area contributed by atoms with E-state index in [4.69, 9.17) is 0 Å². The maximum atomic E-state index is 13.4. The van der Waals surface area contributed by atoms with Crippen LogP contribution in [0, 0.1) is 18.6 Å². The topological polar surface area (TPSA) is 29.1 Å². The average molecular weight is 307 g/mol. The zero-order valence-corrected chi connectivity index (χ0v) is 12.3. The number of carbonyl (C=O) groups excluding carboxylic acids is 1. The predicted molar refractivity (Wildman–Crippen MR) is 82.3 cm³/mol. The normalized spacial score (nSPS) is 10.4. The zero-order valence-electron chi connectivity index (χ0n) is 11.5. The first kappa shape index (κ1) is 15.5. The van der Waals surface area contributed by atoms with E-state index in [1.165, 1.54) is 17.3 Å². The Morgan fingerprint density at radius 1 is 1.19 bits per heavy atom. The van der Waals surface area contributed by atoms with Crippen LogP contribution in [-0.4, -0.2) is 11.7 Å². The molecule has 2 rings (SSSR count).